The molecule has 2 atom stereocenters. The van der Waals surface area contributed by atoms with Crippen LogP contribution in [0.4, 0.5) is 0 Å². The SMILES string of the molecule is CC(N)c1cccc(S(=O)(=O)NC2CCCS(=O)(=O)C2)c1. The minimum absolute atomic E-state index is 0.111. The predicted octanol–water partition coefficient (Wildman–Crippen LogP) is 0.562. The quantitative estimate of drug-likeness (QED) is 0.838. The van der Waals surface area contributed by atoms with Gasteiger partial charge in [0.1, 0.15) is 0 Å². The van der Waals surface area contributed by atoms with Gasteiger partial charge in [0.25, 0.3) is 0 Å². The highest BCUT2D eigenvalue weighted by Gasteiger charge is 2.28. The Morgan fingerprint density at radius 1 is 1.38 bits per heavy atom. The van der Waals surface area contributed by atoms with Gasteiger partial charge >= 0.3 is 0 Å². The molecule has 2 rings (SSSR count). The first kappa shape index (κ1) is 16.4. The normalized spacial score (nSPS) is 23.6. The Labute approximate surface area is 125 Å². The van der Waals surface area contributed by atoms with Crippen molar-refractivity contribution in [3.8, 4) is 0 Å². The fourth-order valence-corrected chi connectivity index (χ4v) is 5.43. The topological polar surface area (TPSA) is 106 Å². The number of sulfonamides is 1. The average Bonchev–Trinajstić information content (AvgIpc) is 2.37. The molecule has 2 unspecified atom stereocenters. The molecule has 0 saturated carbocycles. The van der Waals surface area contributed by atoms with Crippen molar-refractivity contribution in [1.82, 2.24) is 4.72 Å². The van der Waals surface area contributed by atoms with E-state index in [-0.39, 0.29) is 22.4 Å². The number of sulfone groups is 1. The Morgan fingerprint density at radius 2 is 2.10 bits per heavy atom. The molecule has 21 heavy (non-hydrogen) atoms. The van der Waals surface area contributed by atoms with Crippen molar-refractivity contribution < 1.29 is 16.8 Å². The monoisotopic (exact) mass is 332 g/mol. The molecule has 0 bridgehead atoms. The standard InChI is InChI=1S/C13H20N2O4S2/c1-10(14)11-4-2-6-13(8-11)21(18,19)15-12-5-3-7-20(16,17)9-12/h2,4,6,8,10,12,15H,3,5,7,9,14H2,1H3. The summed E-state index contributed by atoms with van der Waals surface area (Å²) in [6.45, 7) is 1.77. The maximum Gasteiger partial charge on any atom is 0.240 e. The molecule has 1 aromatic carbocycles. The summed E-state index contributed by atoms with van der Waals surface area (Å²) in [6.07, 6.45) is 1.01. The van der Waals surface area contributed by atoms with Crippen LogP contribution in [0.25, 0.3) is 0 Å². The number of nitrogens with two attached hydrogens (primary N) is 1. The van der Waals surface area contributed by atoms with Crippen molar-refractivity contribution in [1.29, 1.82) is 0 Å². The van der Waals surface area contributed by atoms with Crippen LogP contribution in [0, 0.1) is 0 Å². The largest absolute Gasteiger partial charge is 0.324 e. The van der Waals surface area contributed by atoms with Gasteiger partial charge in [0.05, 0.1) is 16.4 Å². The Kier molecular flexibility index (Phi) is 4.72. The van der Waals surface area contributed by atoms with E-state index in [4.69, 9.17) is 5.73 Å². The lowest BCUT2D eigenvalue weighted by molar-refractivity contribution is 0.517. The van der Waals surface area contributed by atoms with Crippen molar-refractivity contribution in [2.24, 2.45) is 5.73 Å². The van der Waals surface area contributed by atoms with E-state index < -0.39 is 25.9 Å². The van der Waals surface area contributed by atoms with Crippen LogP contribution >= 0.6 is 0 Å². The second kappa shape index (κ2) is 6.04. The van der Waals surface area contributed by atoms with Crippen LogP contribution in [0.2, 0.25) is 0 Å². The Balaban J connectivity index is 2.20. The highest BCUT2D eigenvalue weighted by molar-refractivity contribution is 7.91. The van der Waals surface area contributed by atoms with Gasteiger partial charge in [0.15, 0.2) is 9.84 Å². The van der Waals surface area contributed by atoms with Crippen LogP contribution in [0.5, 0.6) is 0 Å². The third-order valence-corrected chi connectivity index (χ3v) is 6.82. The summed E-state index contributed by atoms with van der Waals surface area (Å²) < 4.78 is 50.3. The van der Waals surface area contributed by atoms with Gasteiger partial charge in [-0.3, -0.25) is 0 Å². The summed E-state index contributed by atoms with van der Waals surface area (Å²) in [6, 6.07) is 5.55. The maximum absolute atomic E-state index is 12.3. The summed E-state index contributed by atoms with van der Waals surface area (Å²) in [5.74, 6) is -0.00931. The van der Waals surface area contributed by atoms with Crippen molar-refractivity contribution in [3.05, 3.63) is 29.8 Å². The summed E-state index contributed by atoms with van der Waals surface area (Å²) >= 11 is 0. The van der Waals surface area contributed by atoms with E-state index in [1.165, 1.54) is 12.1 Å². The fourth-order valence-electron chi connectivity index (χ4n) is 2.37. The van der Waals surface area contributed by atoms with E-state index in [1.54, 1.807) is 19.1 Å². The maximum atomic E-state index is 12.3. The first-order valence-electron chi connectivity index (χ1n) is 6.78. The second-order valence-electron chi connectivity index (χ2n) is 5.44. The lowest BCUT2D eigenvalue weighted by atomic mass is 10.1. The predicted molar refractivity (Wildman–Crippen MR) is 81.0 cm³/mol. The lowest BCUT2D eigenvalue weighted by Gasteiger charge is -2.23. The molecule has 1 aliphatic heterocycles. The zero-order valence-electron chi connectivity index (χ0n) is 11.8. The Morgan fingerprint density at radius 3 is 2.71 bits per heavy atom. The first-order chi connectivity index (χ1) is 9.70. The summed E-state index contributed by atoms with van der Waals surface area (Å²) in [4.78, 5) is 0.111. The van der Waals surface area contributed by atoms with E-state index >= 15 is 0 Å². The number of nitrogens with one attached hydrogen (secondary N) is 1. The molecular formula is C13H20N2O4S2. The van der Waals surface area contributed by atoms with E-state index in [1.807, 2.05) is 0 Å². The molecule has 1 aromatic rings. The number of hydrogen-bond acceptors (Lipinski definition) is 5. The molecule has 0 amide bonds. The fraction of sp³-hybridized carbons (Fsp3) is 0.538. The molecule has 118 valence electrons. The first-order valence-corrected chi connectivity index (χ1v) is 10.1. The average molecular weight is 332 g/mol. The van der Waals surface area contributed by atoms with E-state index in [0.29, 0.717) is 18.4 Å². The van der Waals surface area contributed by atoms with Gasteiger partial charge in [-0.05, 0) is 37.5 Å². The molecule has 0 aliphatic carbocycles. The summed E-state index contributed by atoms with van der Waals surface area (Å²) in [7, 11) is -6.89. The van der Waals surface area contributed by atoms with Gasteiger partial charge in [0, 0.05) is 12.1 Å². The molecule has 8 heteroatoms. The highest BCUT2D eigenvalue weighted by atomic mass is 32.2. The zero-order chi connectivity index (χ0) is 15.7. The van der Waals surface area contributed by atoms with Crippen LogP contribution in [-0.2, 0) is 19.9 Å². The van der Waals surface area contributed by atoms with E-state index in [2.05, 4.69) is 4.72 Å². The van der Waals surface area contributed by atoms with Crippen LogP contribution in [0.3, 0.4) is 0 Å². The van der Waals surface area contributed by atoms with Crippen molar-refractivity contribution in [2.75, 3.05) is 11.5 Å². The number of hydrogen-bond donors (Lipinski definition) is 2. The third kappa shape index (κ3) is 4.26. The molecule has 1 saturated heterocycles. The zero-order valence-corrected chi connectivity index (χ0v) is 13.5. The van der Waals surface area contributed by atoms with Gasteiger partial charge in [-0.2, -0.15) is 0 Å². The summed E-state index contributed by atoms with van der Waals surface area (Å²) in [5, 5.41) is 0. The minimum atomic E-state index is -3.74. The van der Waals surface area contributed by atoms with Gasteiger partial charge in [0.2, 0.25) is 10.0 Å². The molecule has 1 fully saturated rings. The molecule has 1 aliphatic rings. The Hall–Kier alpha value is -0.960. The van der Waals surface area contributed by atoms with Crippen LogP contribution in [0.15, 0.2) is 29.2 Å². The molecule has 0 radical (unpaired) electrons. The molecule has 3 N–H and O–H groups in total. The van der Waals surface area contributed by atoms with Gasteiger partial charge in [-0.15, -0.1) is 0 Å². The molecule has 0 spiro atoms. The van der Waals surface area contributed by atoms with Crippen molar-refractivity contribution >= 4 is 19.9 Å². The molecular weight excluding hydrogens is 312 g/mol. The summed E-state index contributed by atoms with van der Waals surface area (Å²) in [5.41, 5.74) is 6.47. The van der Waals surface area contributed by atoms with Gasteiger partial charge in [-0.25, -0.2) is 21.6 Å². The Bertz CT molecular complexity index is 711. The smallest absolute Gasteiger partial charge is 0.240 e. The van der Waals surface area contributed by atoms with E-state index in [0.717, 1.165) is 0 Å². The molecule has 1 heterocycles. The highest BCUT2D eigenvalue weighted by Crippen LogP contribution is 2.18. The lowest BCUT2D eigenvalue weighted by Crippen LogP contribution is -2.43. The van der Waals surface area contributed by atoms with E-state index in [9.17, 15) is 16.8 Å². The van der Waals surface area contributed by atoms with Gasteiger partial charge < -0.3 is 5.73 Å². The molecule has 0 aromatic heterocycles. The third-order valence-electron chi connectivity index (χ3n) is 3.48. The van der Waals surface area contributed by atoms with Crippen molar-refractivity contribution in [2.45, 2.75) is 36.7 Å². The number of rotatable bonds is 4. The van der Waals surface area contributed by atoms with Crippen LogP contribution < -0.4 is 10.5 Å². The number of benzene rings is 1. The van der Waals surface area contributed by atoms with Crippen LogP contribution in [0.1, 0.15) is 31.4 Å². The van der Waals surface area contributed by atoms with Gasteiger partial charge in [-0.1, -0.05) is 12.1 Å². The van der Waals surface area contributed by atoms with Crippen molar-refractivity contribution in [3.63, 3.8) is 0 Å². The minimum Gasteiger partial charge on any atom is -0.324 e. The second-order valence-corrected chi connectivity index (χ2v) is 9.38. The molecule has 6 nitrogen and oxygen atoms in total. The van der Waals surface area contributed by atoms with Crippen LogP contribution in [-0.4, -0.2) is 34.4 Å².